The van der Waals surface area contributed by atoms with Gasteiger partial charge in [0.25, 0.3) is 0 Å². The number of hydrogen-bond acceptors (Lipinski definition) is 6. The smallest absolute Gasteiger partial charge is 0.319 e. The van der Waals surface area contributed by atoms with E-state index in [9.17, 15) is 13.2 Å². The highest BCUT2D eigenvalue weighted by atomic mass is 32.2. The predicted octanol–water partition coefficient (Wildman–Crippen LogP) is 4.06. The molecule has 2 amide bonds. The van der Waals surface area contributed by atoms with E-state index in [4.69, 9.17) is 4.74 Å². The molecule has 29 heavy (non-hydrogen) atoms. The number of aromatic nitrogens is 1. The molecule has 0 atom stereocenters. The lowest BCUT2D eigenvalue weighted by atomic mass is 10.2. The SMILES string of the molecule is COc1cccc(CNC(=O)Nc2ccc3nc(S(=O)(=O)CC(C)C)sc3c2)c1. The molecule has 3 aromatic rings. The van der Waals surface area contributed by atoms with Crippen LogP contribution in [-0.4, -0.2) is 32.3 Å². The Bertz CT molecular complexity index is 1120. The second-order valence-electron chi connectivity index (χ2n) is 7.00. The van der Waals surface area contributed by atoms with Crippen molar-refractivity contribution in [1.29, 1.82) is 0 Å². The predicted molar refractivity (Wildman–Crippen MR) is 115 cm³/mol. The Hall–Kier alpha value is -2.65. The van der Waals surface area contributed by atoms with Crippen molar-refractivity contribution in [3.63, 3.8) is 0 Å². The molecule has 7 nitrogen and oxygen atoms in total. The van der Waals surface area contributed by atoms with E-state index in [2.05, 4.69) is 15.6 Å². The number of sulfone groups is 1. The van der Waals surface area contributed by atoms with Gasteiger partial charge in [0.2, 0.25) is 14.2 Å². The first-order chi connectivity index (χ1) is 13.8. The number of fused-ring (bicyclic) bond motifs is 1. The fraction of sp³-hybridized carbons (Fsp3) is 0.300. The average molecular weight is 434 g/mol. The largest absolute Gasteiger partial charge is 0.497 e. The summed E-state index contributed by atoms with van der Waals surface area (Å²) >= 11 is 1.12. The zero-order valence-corrected chi connectivity index (χ0v) is 18.1. The van der Waals surface area contributed by atoms with Crippen molar-refractivity contribution >= 4 is 43.1 Å². The van der Waals surface area contributed by atoms with Gasteiger partial charge >= 0.3 is 6.03 Å². The Kier molecular flexibility index (Phi) is 6.39. The van der Waals surface area contributed by atoms with E-state index < -0.39 is 9.84 Å². The second kappa shape index (κ2) is 8.79. The van der Waals surface area contributed by atoms with Crippen LogP contribution in [0.25, 0.3) is 10.2 Å². The van der Waals surface area contributed by atoms with Crippen molar-refractivity contribution in [1.82, 2.24) is 10.3 Å². The summed E-state index contributed by atoms with van der Waals surface area (Å²) in [5.74, 6) is 0.811. The minimum atomic E-state index is -3.40. The van der Waals surface area contributed by atoms with Crippen LogP contribution in [0.3, 0.4) is 0 Å². The van der Waals surface area contributed by atoms with Gasteiger partial charge in [-0.25, -0.2) is 18.2 Å². The molecule has 0 aliphatic rings. The molecule has 0 spiro atoms. The van der Waals surface area contributed by atoms with Gasteiger partial charge < -0.3 is 15.4 Å². The molecule has 2 N–H and O–H groups in total. The van der Waals surface area contributed by atoms with Gasteiger partial charge in [-0.3, -0.25) is 0 Å². The molecule has 2 aromatic carbocycles. The minimum Gasteiger partial charge on any atom is -0.497 e. The van der Waals surface area contributed by atoms with Crippen LogP contribution in [0.5, 0.6) is 5.75 Å². The second-order valence-corrected chi connectivity index (χ2v) is 10.2. The van der Waals surface area contributed by atoms with Crippen molar-refractivity contribution < 1.29 is 17.9 Å². The molecule has 0 fully saturated rings. The van der Waals surface area contributed by atoms with E-state index in [1.54, 1.807) is 25.3 Å². The van der Waals surface area contributed by atoms with E-state index in [1.807, 2.05) is 38.1 Å². The zero-order chi connectivity index (χ0) is 21.0. The lowest BCUT2D eigenvalue weighted by Gasteiger charge is -2.08. The molecule has 1 aromatic heterocycles. The molecular weight excluding hydrogens is 410 g/mol. The molecule has 0 bridgehead atoms. The number of nitrogens with one attached hydrogen (secondary N) is 2. The number of urea groups is 1. The van der Waals surface area contributed by atoms with Crippen LogP contribution in [0.2, 0.25) is 0 Å². The summed E-state index contributed by atoms with van der Waals surface area (Å²) in [7, 11) is -1.81. The van der Waals surface area contributed by atoms with Crippen molar-refractivity contribution in [2.24, 2.45) is 5.92 Å². The normalized spacial score (nSPS) is 11.6. The van der Waals surface area contributed by atoms with Gasteiger partial charge in [-0.15, -0.1) is 11.3 Å². The van der Waals surface area contributed by atoms with Crippen LogP contribution < -0.4 is 15.4 Å². The number of benzene rings is 2. The highest BCUT2D eigenvalue weighted by molar-refractivity contribution is 7.93. The van der Waals surface area contributed by atoms with Crippen molar-refractivity contribution in [3.05, 3.63) is 48.0 Å². The van der Waals surface area contributed by atoms with Gasteiger partial charge in [0.15, 0.2) is 0 Å². The highest BCUT2D eigenvalue weighted by Crippen LogP contribution is 2.29. The number of amides is 2. The molecule has 0 unspecified atom stereocenters. The summed E-state index contributed by atoms with van der Waals surface area (Å²) in [4.78, 5) is 16.4. The van der Waals surface area contributed by atoms with Crippen molar-refractivity contribution in [2.75, 3.05) is 18.2 Å². The maximum Gasteiger partial charge on any atom is 0.319 e. The quantitative estimate of drug-likeness (QED) is 0.586. The number of methoxy groups -OCH3 is 1. The van der Waals surface area contributed by atoms with E-state index >= 15 is 0 Å². The lowest BCUT2D eigenvalue weighted by Crippen LogP contribution is -2.28. The fourth-order valence-electron chi connectivity index (χ4n) is 2.76. The number of nitrogens with zero attached hydrogens (tertiary/aromatic N) is 1. The summed E-state index contributed by atoms with van der Waals surface area (Å²) in [6.45, 7) is 4.07. The summed E-state index contributed by atoms with van der Waals surface area (Å²) in [6, 6.07) is 12.2. The summed E-state index contributed by atoms with van der Waals surface area (Å²) < 4.78 is 30.8. The number of carbonyl (C=O) groups excluding carboxylic acids is 1. The molecule has 1 heterocycles. The molecular formula is C20H23N3O4S2. The summed E-state index contributed by atoms with van der Waals surface area (Å²) in [5.41, 5.74) is 2.08. The molecule has 9 heteroatoms. The third kappa shape index (κ3) is 5.45. The van der Waals surface area contributed by atoms with Crippen LogP contribution in [0, 0.1) is 5.92 Å². The van der Waals surface area contributed by atoms with Crippen LogP contribution in [-0.2, 0) is 16.4 Å². The third-order valence-electron chi connectivity index (χ3n) is 4.03. The maximum absolute atomic E-state index is 12.4. The first-order valence-corrected chi connectivity index (χ1v) is 11.5. The standard InChI is InChI=1S/C20H23N3O4S2/c1-13(2)12-29(25,26)20-23-17-8-7-15(10-18(17)28-20)22-19(24)21-11-14-5-4-6-16(9-14)27-3/h4-10,13H,11-12H2,1-3H3,(H2,21,22,24). The fourth-order valence-corrected chi connectivity index (χ4v) is 5.74. The highest BCUT2D eigenvalue weighted by Gasteiger charge is 2.21. The van der Waals surface area contributed by atoms with Gasteiger partial charge in [-0.05, 0) is 41.8 Å². The molecule has 0 saturated carbocycles. The Morgan fingerprint density at radius 1 is 1.21 bits per heavy atom. The number of hydrogen-bond donors (Lipinski definition) is 2. The molecule has 0 aliphatic heterocycles. The topological polar surface area (TPSA) is 97.4 Å². The van der Waals surface area contributed by atoms with Gasteiger partial charge in [-0.2, -0.15) is 0 Å². The van der Waals surface area contributed by atoms with Gasteiger partial charge in [0.1, 0.15) is 5.75 Å². The van der Waals surface area contributed by atoms with Crippen LogP contribution >= 0.6 is 11.3 Å². The van der Waals surface area contributed by atoms with E-state index in [0.717, 1.165) is 22.6 Å². The van der Waals surface area contributed by atoms with E-state index in [-0.39, 0.29) is 22.0 Å². The van der Waals surface area contributed by atoms with Crippen LogP contribution in [0.15, 0.2) is 46.8 Å². The number of anilines is 1. The van der Waals surface area contributed by atoms with Gasteiger partial charge in [-0.1, -0.05) is 26.0 Å². The van der Waals surface area contributed by atoms with Crippen molar-refractivity contribution in [2.45, 2.75) is 24.7 Å². The molecule has 154 valence electrons. The van der Waals surface area contributed by atoms with Gasteiger partial charge in [0, 0.05) is 12.2 Å². The Morgan fingerprint density at radius 2 is 2.00 bits per heavy atom. The zero-order valence-electron chi connectivity index (χ0n) is 16.4. The van der Waals surface area contributed by atoms with Crippen molar-refractivity contribution in [3.8, 4) is 5.75 Å². The molecule has 0 aliphatic carbocycles. The Balaban J connectivity index is 1.67. The maximum atomic E-state index is 12.4. The lowest BCUT2D eigenvalue weighted by molar-refractivity contribution is 0.251. The Morgan fingerprint density at radius 3 is 2.72 bits per heavy atom. The Labute approximate surface area is 174 Å². The molecule has 3 rings (SSSR count). The third-order valence-corrected chi connectivity index (χ3v) is 7.59. The molecule has 0 saturated heterocycles. The number of rotatable bonds is 7. The van der Waals surface area contributed by atoms with Crippen LogP contribution in [0.4, 0.5) is 10.5 Å². The summed E-state index contributed by atoms with van der Waals surface area (Å²) in [6.07, 6.45) is 0. The number of thiazole rings is 1. The van der Waals surface area contributed by atoms with E-state index in [0.29, 0.717) is 22.4 Å². The number of ether oxygens (including phenoxy) is 1. The first kappa shape index (κ1) is 21.1. The summed E-state index contributed by atoms with van der Waals surface area (Å²) in [5, 5.41) is 5.55. The first-order valence-electron chi connectivity index (χ1n) is 9.08. The minimum absolute atomic E-state index is 0.0255. The van der Waals surface area contributed by atoms with Gasteiger partial charge in [0.05, 0.1) is 23.1 Å². The monoisotopic (exact) mass is 433 g/mol. The molecule has 0 radical (unpaired) electrons. The number of carbonyl (C=O) groups is 1. The average Bonchev–Trinajstić information content (AvgIpc) is 3.10. The van der Waals surface area contributed by atoms with E-state index in [1.165, 1.54) is 0 Å². The van der Waals surface area contributed by atoms with Crippen LogP contribution in [0.1, 0.15) is 19.4 Å².